The molecule has 0 aliphatic rings. The number of nitrogens with zero attached hydrogens (tertiary/aromatic N) is 1. The van der Waals surface area contributed by atoms with E-state index in [-0.39, 0.29) is 5.82 Å². The van der Waals surface area contributed by atoms with E-state index in [9.17, 15) is 8.78 Å². The highest BCUT2D eigenvalue weighted by atomic mass is 19.1. The number of rotatable bonds is 13. The average Bonchev–Trinajstić information content (AvgIpc) is 2.72. The highest BCUT2D eigenvalue weighted by Crippen LogP contribution is 2.25. The maximum atomic E-state index is 14.3. The Labute approximate surface area is 168 Å². The molecule has 0 N–H and O–H groups in total. The number of hydrogen-bond acceptors (Lipinski definition) is 2. The van der Waals surface area contributed by atoms with Crippen LogP contribution in [0.4, 0.5) is 8.78 Å². The second-order valence-electron chi connectivity index (χ2n) is 7.36. The van der Waals surface area contributed by atoms with Crippen LogP contribution in [0.25, 0.3) is 11.3 Å². The zero-order chi connectivity index (χ0) is 20.2. The minimum atomic E-state index is -0.766. The van der Waals surface area contributed by atoms with Crippen LogP contribution >= 0.6 is 0 Å². The van der Waals surface area contributed by atoms with Crippen LogP contribution in [0.3, 0.4) is 0 Å². The molecule has 0 amide bonds. The molecule has 1 atom stereocenters. The number of unbranched alkanes of at least 4 members (excludes halogenated alkanes) is 5. The minimum absolute atomic E-state index is 0.294. The van der Waals surface area contributed by atoms with Crippen molar-refractivity contribution in [2.24, 2.45) is 0 Å². The maximum Gasteiger partial charge on any atom is 0.165 e. The van der Waals surface area contributed by atoms with Crippen LogP contribution in [0, 0.1) is 5.82 Å². The Kier molecular flexibility index (Phi) is 9.95. The SMILES string of the molecule is CCCCCCCCOc1ccc(-c2ccc(CCC(F)CC)cn2)cc1F. The lowest BCUT2D eigenvalue weighted by molar-refractivity contribution is 0.290. The van der Waals surface area contributed by atoms with Gasteiger partial charge in [-0.25, -0.2) is 8.78 Å². The van der Waals surface area contributed by atoms with Crippen LogP contribution in [-0.2, 0) is 6.42 Å². The molecule has 0 aliphatic carbocycles. The monoisotopic (exact) mass is 389 g/mol. The quantitative estimate of drug-likeness (QED) is 0.335. The number of hydrogen-bond donors (Lipinski definition) is 0. The first-order valence-corrected chi connectivity index (χ1v) is 10.7. The lowest BCUT2D eigenvalue weighted by Crippen LogP contribution is -2.00. The molecule has 1 aromatic carbocycles. The molecule has 0 fully saturated rings. The molecule has 0 aliphatic heterocycles. The zero-order valence-electron chi connectivity index (χ0n) is 17.2. The minimum Gasteiger partial charge on any atom is -0.491 e. The molecule has 1 aromatic heterocycles. The van der Waals surface area contributed by atoms with Crippen molar-refractivity contribution >= 4 is 0 Å². The third-order valence-corrected chi connectivity index (χ3v) is 5.00. The molecular weight excluding hydrogens is 356 g/mol. The summed E-state index contributed by atoms with van der Waals surface area (Å²) in [6, 6.07) is 8.77. The smallest absolute Gasteiger partial charge is 0.165 e. The van der Waals surface area contributed by atoms with E-state index in [4.69, 9.17) is 4.74 Å². The van der Waals surface area contributed by atoms with Crippen LogP contribution < -0.4 is 4.74 Å². The Hall–Kier alpha value is -1.97. The summed E-state index contributed by atoms with van der Waals surface area (Å²) in [7, 11) is 0. The van der Waals surface area contributed by atoms with Crippen LogP contribution in [0.1, 0.15) is 70.8 Å². The van der Waals surface area contributed by atoms with Crippen molar-refractivity contribution < 1.29 is 13.5 Å². The number of pyridine rings is 1. The average molecular weight is 390 g/mol. The van der Waals surface area contributed by atoms with E-state index in [1.165, 1.54) is 31.7 Å². The molecule has 28 heavy (non-hydrogen) atoms. The second kappa shape index (κ2) is 12.5. The Morgan fingerprint density at radius 2 is 1.79 bits per heavy atom. The largest absolute Gasteiger partial charge is 0.491 e. The van der Waals surface area contributed by atoms with Gasteiger partial charge in [-0.3, -0.25) is 4.98 Å². The molecule has 1 heterocycles. The van der Waals surface area contributed by atoms with E-state index in [0.717, 1.165) is 18.4 Å². The zero-order valence-corrected chi connectivity index (χ0v) is 17.2. The van der Waals surface area contributed by atoms with Gasteiger partial charge in [0, 0.05) is 11.8 Å². The summed E-state index contributed by atoms with van der Waals surface area (Å²) >= 11 is 0. The molecule has 1 unspecified atom stereocenters. The second-order valence-corrected chi connectivity index (χ2v) is 7.36. The normalized spacial score (nSPS) is 12.1. The van der Waals surface area contributed by atoms with Crippen molar-refractivity contribution in [2.45, 2.75) is 77.8 Å². The lowest BCUT2D eigenvalue weighted by Gasteiger charge is -2.09. The van der Waals surface area contributed by atoms with Gasteiger partial charge in [0.1, 0.15) is 6.17 Å². The highest BCUT2D eigenvalue weighted by molar-refractivity contribution is 5.60. The van der Waals surface area contributed by atoms with Gasteiger partial charge in [-0.2, -0.15) is 0 Å². The molecule has 0 saturated heterocycles. The van der Waals surface area contributed by atoms with Gasteiger partial charge in [0.2, 0.25) is 0 Å². The standard InChI is InChI=1S/C24H33F2NO/c1-3-5-6-7-8-9-16-28-24-15-12-20(17-22(24)26)23-14-11-19(18-27-23)10-13-21(25)4-2/h11-12,14-15,17-18,21H,3-10,13,16H2,1-2H3. The molecule has 154 valence electrons. The number of aryl methyl sites for hydroxylation is 1. The fourth-order valence-corrected chi connectivity index (χ4v) is 3.11. The van der Waals surface area contributed by atoms with E-state index < -0.39 is 6.17 Å². The summed E-state index contributed by atoms with van der Waals surface area (Å²) in [5.41, 5.74) is 2.42. The summed E-state index contributed by atoms with van der Waals surface area (Å²) in [4.78, 5) is 4.40. The predicted octanol–water partition coefficient (Wildman–Crippen LogP) is 7.31. The number of benzene rings is 1. The maximum absolute atomic E-state index is 14.3. The van der Waals surface area contributed by atoms with Crippen molar-refractivity contribution in [2.75, 3.05) is 6.61 Å². The van der Waals surface area contributed by atoms with E-state index in [0.29, 0.717) is 42.9 Å². The molecule has 0 radical (unpaired) electrons. The summed E-state index contributed by atoms with van der Waals surface area (Å²) < 4.78 is 33.3. The van der Waals surface area contributed by atoms with Crippen LogP contribution in [0.15, 0.2) is 36.5 Å². The van der Waals surface area contributed by atoms with Crippen LogP contribution in [0.2, 0.25) is 0 Å². The van der Waals surface area contributed by atoms with Gasteiger partial charge in [0.25, 0.3) is 0 Å². The first kappa shape index (κ1) is 22.3. The van der Waals surface area contributed by atoms with Crippen LogP contribution in [0.5, 0.6) is 5.75 Å². The first-order chi connectivity index (χ1) is 13.6. The third-order valence-electron chi connectivity index (χ3n) is 5.00. The molecule has 0 saturated carbocycles. The molecule has 2 aromatic rings. The number of alkyl halides is 1. The van der Waals surface area contributed by atoms with Gasteiger partial charge in [0.15, 0.2) is 11.6 Å². The van der Waals surface area contributed by atoms with Crippen molar-refractivity contribution in [1.82, 2.24) is 4.98 Å². The molecule has 0 spiro atoms. The number of halogens is 2. The van der Waals surface area contributed by atoms with Crippen molar-refractivity contribution in [3.63, 3.8) is 0 Å². The van der Waals surface area contributed by atoms with Gasteiger partial charge in [-0.1, -0.05) is 52.0 Å². The van der Waals surface area contributed by atoms with Gasteiger partial charge < -0.3 is 4.74 Å². The fraction of sp³-hybridized carbons (Fsp3) is 0.542. The Morgan fingerprint density at radius 1 is 1.00 bits per heavy atom. The van der Waals surface area contributed by atoms with Gasteiger partial charge in [0.05, 0.1) is 12.3 Å². The van der Waals surface area contributed by atoms with Crippen molar-refractivity contribution in [3.05, 3.63) is 47.9 Å². The van der Waals surface area contributed by atoms with E-state index in [1.807, 2.05) is 25.1 Å². The summed E-state index contributed by atoms with van der Waals surface area (Å²) in [6.07, 6.45) is 9.77. The molecule has 4 heteroatoms. The summed E-state index contributed by atoms with van der Waals surface area (Å²) in [5.74, 6) is -0.0694. The van der Waals surface area contributed by atoms with E-state index >= 15 is 0 Å². The molecule has 2 nitrogen and oxygen atoms in total. The topological polar surface area (TPSA) is 22.1 Å². The Balaban J connectivity index is 1.84. The molecule has 2 rings (SSSR count). The molecular formula is C24H33F2NO. The van der Waals surface area contributed by atoms with Gasteiger partial charge >= 0.3 is 0 Å². The highest BCUT2D eigenvalue weighted by Gasteiger charge is 2.08. The summed E-state index contributed by atoms with van der Waals surface area (Å²) in [5, 5.41) is 0. The van der Waals surface area contributed by atoms with E-state index in [2.05, 4.69) is 11.9 Å². The number of aromatic nitrogens is 1. The summed E-state index contributed by atoms with van der Waals surface area (Å²) in [6.45, 7) is 4.60. The molecule has 0 bridgehead atoms. The lowest BCUT2D eigenvalue weighted by atomic mass is 10.1. The number of ether oxygens (including phenoxy) is 1. The van der Waals surface area contributed by atoms with Crippen LogP contribution in [-0.4, -0.2) is 17.8 Å². The Morgan fingerprint density at radius 3 is 2.46 bits per heavy atom. The van der Waals surface area contributed by atoms with Gasteiger partial charge in [-0.15, -0.1) is 0 Å². The van der Waals surface area contributed by atoms with Gasteiger partial charge in [-0.05, 0) is 55.5 Å². The Bertz CT molecular complexity index is 688. The third kappa shape index (κ3) is 7.57. The van der Waals surface area contributed by atoms with Crippen molar-refractivity contribution in [1.29, 1.82) is 0 Å². The van der Waals surface area contributed by atoms with E-state index in [1.54, 1.807) is 12.3 Å². The fourth-order valence-electron chi connectivity index (χ4n) is 3.11. The predicted molar refractivity (Wildman–Crippen MR) is 112 cm³/mol. The first-order valence-electron chi connectivity index (χ1n) is 10.7. The van der Waals surface area contributed by atoms with Crippen molar-refractivity contribution in [3.8, 4) is 17.0 Å².